The third-order valence-corrected chi connectivity index (χ3v) is 16.0. The normalized spacial score (nSPS) is 16.5. The van der Waals surface area contributed by atoms with Crippen LogP contribution in [0.1, 0.15) is 36.1 Å². The van der Waals surface area contributed by atoms with Crippen LogP contribution >= 0.6 is 0 Å². The highest BCUT2D eigenvalue weighted by molar-refractivity contribution is 5.99. The Labute approximate surface area is 465 Å². The molecule has 0 fully saturated rings. The van der Waals surface area contributed by atoms with Crippen LogP contribution in [0.5, 0.6) is 0 Å². The van der Waals surface area contributed by atoms with Crippen molar-refractivity contribution in [3.05, 3.63) is 338 Å². The number of hydrogen-bond donors (Lipinski definition) is 0. The first kappa shape index (κ1) is 48.7. The minimum absolute atomic E-state index is 0.0816. The molecule has 0 radical (unpaired) electrons. The number of benzene rings is 10. The minimum Gasteiger partial charge on any atom is -0.334 e. The Morgan fingerprint density at radius 1 is 0.380 bits per heavy atom. The van der Waals surface area contributed by atoms with Gasteiger partial charge in [-0.2, -0.15) is 0 Å². The van der Waals surface area contributed by atoms with Crippen molar-refractivity contribution in [1.29, 1.82) is 0 Å². The summed E-state index contributed by atoms with van der Waals surface area (Å²) in [6.45, 7) is 8.50. The van der Waals surface area contributed by atoms with Gasteiger partial charge in [-0.3, -0.25) is 0 Å². The van der Waals surface area contributed by atoms with E-state index in [1.54, 1.807) is 0 Å². The van der Waals surface area contributed by atoms with Gasteiger partial charge in [0.05, 0.1) is 11.5 Å². The third-order valence-electron chi connectivity index (χ3n) is 16.0. The Morgan fingerprint density at radius 2 is 0.734 bits per heavy atom. The molecule has 10 aromatic rings. The van der Waals surface area contributed by atoms with Crippen LogP contribution in [0.3, 0.4) is 0 Å². The average molecular weight is 1020 g/mol. The largest absolute Gasteiger partial charge is 0.334 e. The van der Waals surface area contributed by atoms with Crippen molar-refractivity contribution in [3.63, 3.8) is 0 Å². The van der Waals surface area contributed by atoms with Crippen molar-refractivity contribution < 1.29 is 0 Å². The van der Waals surface area contributed by atoms with Crippen LogP contribution in [0.4, 0.5) is 56.9 Å². The summed E-state index contributed by atoms with van der Waals surface area (Å²) in [6.07, 6.45) is 17.1. The smallest absolute Gasteiger partial charge is 0.0728 e. The van der Waals surface area contributed by atoms with Crippen LogP contribution in [0.15, 0.2) is 316 Å². The Kier molecular flexibility index (Phi) is 12.9. The van der Waals surface area contributed by atoms with Crippen LogP contribution in [0.2, 0.25) is 0 Å². The maximum absolute atomic E-state index is 3.98. The second-order valence-corrected chi connectivity index (χ2v) is 20.6. The molecule has 4 nitrogen and oxygen atoms in total. The summed E-state index contributed by atoms with van der Waals surface area (Å²) in [4.78, 5) is 9.75. The number of anilines is 10. The Balaban J connectivity index is 1.14. The van der Waals surface area contributed by atoms with Gasteiger partial charge in [0.1, 0.15) is 0 Å². The highest BCUT2D eigenvalue weighted by atomic mass is 15.2. The lowest BCUT2D eigenvalue weighted by atomic mass is 9.70. The highest BCUT2D eigenvalue weighted by Gasteiger charge is 2.53. The van der Waals surface area contributed by atoms with E-state index in [1.165, 1.54) is 44.5 Å². The highest BCUT2D eigenvalue weighted by Crippen LogP contribution is 2.65. The van der Waals surface area contributed by atoms with Crippen molar-refractivity contribution >= 4 is 56.9 Å². The second-order valence-electron chi connectivity index (χ2n) is 20.6. The Hall–Kier alpha value is -9.90. The third kappa shape index (κ3) is 8.59. The molecule has 79 heavy (non-hydrogen) atoms. The monoisotopic (exact) mass is 1020 g/mol. The summed E-state index contributed by atoms with van der Waals surface area (Å²) in [7, 11) is 0. The number of fused-ring (bicyclic) bond motifs is 10. The van der Waals surface area contributed by atoms with Crippen molar-refractivity contribution in [2.75, 3.05) is 19.6 Å². The predicted molar refractivity (Wildman–Crippen MR) is 334 cm³/mol. The lowest BCUT2D eigenvalue weighted by Gasteiger charge is -2.37. The summed E-state index contributed by atoms with van der Waals surface area (Å²) < 4.78 is 0. The van der Waals surface area contributed by atoms with E-state index in [0.29, 0.717) is 0 Å². The molecule has 0 heterocycles. The van der Waals surface area contributed by atoms with Crippen LogP contribution in [-0.4, -0.2) is 6.04 Å². The molecule has 1 spiro atoms. The molecule has 0 saturated carbocycles. The molecule has 0 saturated heterocycles. The number of nitrogens with zero attached hydrogens (tertiary/aromatic N) is 4. The maximum Gasteiger partial charge on any atom is 0.0728 e. The molecule has 0 amide bonds. The van der Waals surface area contributed by atoms with Gasteiger partial charge in [0.25, 0.3) is 0 Å². The predicted octanol–water partition coefficient (Wildman–Crippen LogP) is 20.0. The first-order valence-electron chi connectivity index (χ1n) is 27.4. The summed E-state index contributed by atoms with van der Waals surface area (Å²) in [5.41, 5.74) is 21.1. The van der Waals surface area contributed by atoms with Gasteiger partial charge < -0.3 is 19.6 Å². The Morgan fingerprint density at radius 3 is 1.15 bits per heavy atom. The molecule has 0 N–H and O–H groups in total. The molecule has 3 unspecified atom stereocenters. The number of para-hydroxylation sites is 6. The zero-order valence-electron chi connectivity index (χ0n) is 44.5. The van der Waals surface area contributed by atoms with Gasteiger partial charge in [-0.05, 0) is 185 Å². The summed E-state index contributed by atoms with van der Waals surface area (Å²) in [5, 5.41) is 0. The molecule has 3 aliphatic carbocycles. The van der Waals surface area contributed by atoms with Crippen molar-refractivity contribution in [3.8, 4) is 22.3 Å². The fourth-order valence-corrected chi connectivity index (χ4v) is 12.5. The van der Waals surface area contributed by atoms with Crippen LogP contribution < -0.4 is 19.6 Å². The summed E-state index contributed by atoms with van der Waals surface area (Å²) in [5.74, 6) is 0.260. The minimum atomic E-state index is -0.815. The van der Waals surface area contributed by atoms with E-state index in [-0.39, 0.29) is 12.0 Å². The van der Waals surface area contributed by atoms with Gasteiger partial charge in [0.2, 0.25) is 0 Å². The molecule has 3 aliphatic rings. The van der Waals surface area contributed by atoms with E-state index in [0.717, 1.165) is 62.6 Å². The lowest BCUT2D eigenvalue weighted by Crippen LogP contribution is -2.35. The molecule has 3 atom stereocenters. The SMILES string of the molecule is C=C/C=C\C=C(/C)N(c1ccccc1)c1ccc2c(c1)C1(c3cc(N(c4ccccc4)c4ccccc4)ccc3-2)c2cc(N(c3ccccc3)c3ccccc3)ccc2-c2ccc(N(c3ccccc3)C3C=CC=CC3C)cc21. The molecule has 0 aromatic heterocycles. The van der Waals surface area contributed by atoms with Crippen LogP contribution in [0.25, 0.3) is 22.3 Å². The van der Waals surface area contributed by atoms with E-state index in [9.17, 15) is 0 Å². The first-order valence-corrected chi connectivity index (χ1v) is 27.4. The van der Waals surface area contributed by atoms with E-state index in [2.05, 4.69) is 331 Å². The molecule has 380 valence electrons. The Bertz CT molecular complexity index is 3780. The molecule has 10 aromatic carbocycles. The van der Waals surface area contributed by atoms with Gasteiger partial charge in [-0.1, -0.05) is 189 Å². The van der Waals surface area contributed by atoms with E-state index >= 15 is 0 Å². The summed E-state index contributed by atoms with van der Waals surface area (Å²) in [6, 6.07) is 93.9. The quantitative estimate of drug-likeness (QED) is 0.101. The van der Waals surface area contributed by atoms with Gasteiger partial charge in [0, 0.05) is 62.6 Å². The van der Waals surface area contributed by atoms with Crippen LogP contribution in [0, 0.1) is 5.92 Å². The van der Waals surface area contributed by atoms with Crippen molar-refractivity contribution in [2.24, 2.45) is 5.92 Å². The van der Waals surface area contributed by atoms with Gasteiger partial charge in [0.15, 0.2) is 0 Å². The van der Waals surface area contributed by atoms with Gasteiger partial charge >= 0.3 is 0 Å². The topological polar surface area (TPSA) is 13.0 Å². The molecule has 0 bridgehead atoms. The van der Waals surface area contributed by atoms with E-state index in [4.69, 9.17) is 0 Å². The summed E-state index contributed by atoms with van der Waals surface area (Å²) >= 11 is 0. The number of allylic oxidation sites excluding steroid dienone is 7. The van der Waals surface area contributed by atoms with Gasteiger partial charge in [-0.25, -0.2) is 0 Å². The molecular weight excluding hydrogens is 957 g/mol. The maximum atomic E-state index is 3.98. The molecular formula is C75H60N4. The zero-order chi connectivity index (χ0) is 53.3. The zero-order valence-corrected chi connectivity index (χ0v) is 44.5. The fourth-order valence-electron chi connectivity index (χ4n) is 12.5. The van der Waals surface area contributed by atoms with Crippen molar-refractivity contribution in [1.82, 2.24) is 0 Å². The second kappa shape index (κ2) is 20.9. The van der Waals surface area contributed by atoms with E-state index in [1.807, 2.05) is 12.2 Å². The molecule has 4 heteroatoms. The first-order chi connectivity index (χ1) is 39.0. The molecule has 13 rings (SSSR count). The molecule has 0 aliphatic heterocycles. The van der Waals surface area contributed by atoms with Crippen LogP contribution in [-0.2, 0) is 5.41 Å². The lowest BCUT2D eigenvalue weighted by molar-refractivity contribution is 0.609. The van der Waals surface area contributed by atoms with E-state index < -0.39 is 5.41 Å². The fraction of sp³-hybridized carbons (Fsp3) is 0.0667. The number of hydrogen-bond acceptors (Lipinski definition) is 4. The van der Waals surface area contributed by atoms with Gasteiger partial charge in [-0.15, -0.1) is 0 Å². The standard InChI is InChI=1S/C75H60N4/c1-4-5-12-28-55(3)76(56-29-13-6-14-30-56)62-42-46-66-67-47-43-63(77(57-31-15-7-16-32-57)58-33-17-8-18-34-58)51-71(67)75(70(66)50-62)72-52-64(78(59-35-19-9-20-36-59)60-37-21-10-22-38-60)44-48-68(72)69-49-45-65(53-73(69)75)79(61-39-23-11-24-40-61)74-41-26-25-27-54(74)2/h4-54,74H,1H2,2-3H3/b12-5-,55-28+. The van der Waals surface area contributed by atoms with Crippen molar-refractivity contribution in [2.45, 2.75) is 25.3 Å². The average Bonchev–Trinajstić information content (AvgIpc) is 3.25. The number of rotatable bonds is 14.